The summed E-state index contributed by atoms with van der Waals surface area (Å²) < 4.78 is 142. The topological polar surface area (TPSA) is 38.3 Å². The highest BCUT2D eigenvalue weighted by atomic mass is 19.4. The summed E-state index contributed by atoms with van der Waals surface area (Å²) in [6, 6.07) is 0. The Balaban J connectivity index is 4.97. The highest BCUT2D eigenvalue weighted by molar-refractivity contribution is 5.84. The Bertz CT molecular complexity index is 534. The monoisotopic (exact) mass is 469 g/mol. The van der Waals surface area contributed by atoms with E-state index in [1.807, 2.05) is 6.92 Å². The van der Waals surface area contributed by atoms with Crippen LogP contribution in [-0.2, 0) is 9.53 Å². The van der Waals surface area contributed by atoms with E-state index >= 15 is 0 Å². The van der Waals surface area contributed by atoms with Gasteiger partial charge in [0, 0.05) is 6.54 Å². The van der Waals surface area contributed by atoms with Crippen molar-refractivity contribution >= 4 is 5.91 Å². The molecule has 0 rings (SSSR count). The van der Waals surface area contributed by atoms with Gasteiger partial charge in [-0.3, -0.25) is 9.53 Å². The van der Waals surface area contributed by atoms with Crippen LogP contribution in [0.5, 0.6) is 0 Å². The van der Waals surface area contributed by atoms with E-state index in [0.717, 1.165) is 32.1 Å². The van der Waals surface area contributed by atoms with Crippen molar-refractivity contribution in [1.82, 2.24) is 5.32 Å². The van der Waals surface area contributed by atoms with Gasteiger partial charge in [-0.25, -0.2) is 0 Å². The minimum Gasteiger partial charge on any atom is -0.351 e. The number of hydrogen-bond acceptors (Lipinski definition) is 2. The maximum atomic E-state index is 13.9. The molecule has 1 N–H and O–H groups in total. The summed E-state index contributed by atoms with van der Waals surface area (Å²) in [5, 5.41) is 1.24. The highest BCUT2D eigenvalue weighted by Gasteiger charge is 2.79. The van der Waals surface area contributed by atoms with E-state index in [1.54, 1.807) is 0 Å². The summed E-state index contributed by atoms with van der Waals surface area (Å²) in [4.78, 5) is 11.4. The number of ether oxygens (including phenoxy) is 1. The van der Waals surface area contributed by atoms with Crippen molar-refractivity contribution in [2.24, 2.45) is 0 Å². The van der Waals surface area contributed by atoms with Crippen LogP contribution in [-0.4, -0.2) is 42.7 Å². The molecule has 0 saturated heterocycles. The molecule has 1 atom stereocenters. The van der Waals surface area contributed by atoms with Gasteiger partial charge < -0.3 is 5.32 Å². The van der Waals surface area contributed by atoms with E-state index in [4.69, 9.17) is 0 Å². The number of carbonyl (C=O) groups is 1. The fraction of sp³-hybridized carbons (Fsp3) is 0.938. The molecule has 0 aromatic rings. The average molecular weight is 469 g/mol. The molecule has 0 aliphatic rings. The fourth-order valence-electron chi connectivity index (χ4n) is 2.21. The van der Waals surface area contributed by atoms with E-state index in [2.05, 4.69) is 4.74 Å². The van der Waals surface area contributed by atoms with E-state index < -0.39 is 42.7 Å². The SMILES string of the molecule is CCCCCCCCCCNC(=O)[C@](F)(OC(F)(F)C(F)(F)C(F)(F)F)C(F)(F)F. The second kappa shape index (κ2) is 10.8. The smallest absolute Gasteiger partial charge is 0.351 e. The third-order valence-electron chi connectivity index (χ3n) is 3.96. The van der Waals surface area contributed by atoms with E-state index in [1.165, 1.54) is 5.32 Å². The normalized spacial score (nSPS) is 15.7. The van der Waals surface area contributed by atoms with Crippen LogP contribution in [0.15, 0.2) is 0 Å². The largest absolute Gasteiger partial charge is 0.462 e. The number of nitrogens with one attached hydrogen (secondary N) is 1. The molecule has 180 valence electrons. The molecule has 0 spiro atoms. The molecule has 0 aromatic heterocycles. The quantitative estimate of drug-likeness (QED) is 0.255. The predicted octanol–water partition coefficient (Wildman–Crippen LogP) is 6.28. The molecule has 0 aliphatic carbocycles. The molecular formula is C16H22F11NO2. The highest BCUT2D eigenvalue weighted by Crippen LogP contribution is 2.50. The Morgan fingerprint density at radius 2 is 1.13 bits per heavy atom. The standard InChI is InChI=1S/C16H22F11NO2/c1-2-3-4-5-6-7-8-9-10-28-11(29)12(17,14(20,21)22)30-16(26,27)13(18,19)15(23,24)25/h2-10H2,1H3,(H,28,29)/t12-/m0/s1. The molecule has 3 nitrogen and oxygen atoms in total. The lowest BCUT2D eigenvalue weighted by Gasteiger charge is -2.34. The lowest BCUT2D eigenvalue weighted by molar-refractivity contribution is -0.472. The van der Waals surface area contributed by atoms with Crippen molar-refractivity contribution < 1.29 is 57.8 Å². The van der Waals surface area contributed by atoms with Crippen LogP contribution in [0.3, 0.4) is 0 Å². The fourth-order valence-corrected chi connectivity index (χ4v) is 2.21. The molecule has 1 amide bonds. The second-order valence-corrected chi connectivity index (χ2v) is 6.51. The zero-order valence-corrected chi connectivity index (χ0v) is 15.8. The van der Waals surface area contributed by atoms with Crippen molar-refractivity contribution in [2.45, 2.75) is 88.5 Å². The Labute approximate surface area is 165 Å². The first-order valence-corrected chi connectivity index (χ1v) is 9.00. The van der Waals surface area contributed by atoms with Gasteiger partial charge in [0.1, 0.15) is 0 Å². The molecule has 30 heavy (non-hydrogen) atoms. The lowest BCUT2D eigenvalue weighted by atomic mass is 10.1. The van der Waals surface area contributed by atoms with Gasteiger partial charge in [-0.15, -0.1) is 0 Å². The molecule has 0 unspecified atom stereocenters. The number of unbranched alkanes of at least 4 members (excludes halogenated alkanes) is 7. The van der Waals surface area contributed by atoms with Gasteiger partial charge in [0.15, 0.2) is 0 Å². The molecular weight excluding hydrogens is 447 g/mol. The summed E-state index contributed by atoms with van der Waals surface area (Å²) in [6.07, 6.45) is -15.2. The molecule has 0 fully saturated rings. The number of amides is 1. The lowest BCUT2D eigenvalue weighted by Crippen LogP contribution is -2.63. The predicted molar refractivity (Wildman–Crippen MR) is 82.5 cm³/mol. The Hall–Kier alpha value is -1.34. The molecule has 0 aliphatic heterocycles. The van der Waals surface area contributed by atoms with Crippen LogP contribution in [0.25, 0.3) is 0 Å². The van der Waals surface area contributed by atoms with Gasteiger partial charge in [-0.05, 0) is 6.42 Å². The number of halogens is 11. The van der Waals surface area contributed by atoms with Crippen molar-refractivity contribution in [2.75, 3.05) is 6.54 Å². The minimum atomic E-state index is -7.19. The van der Waals surface area contributed by atoms with Gasteiger partial charge in [-0.1, -0.05) is 51.9 Å². The summed E-state index contributed by atoms with van der Waals surface area (Å²) in [7, 11) is 0. The third-order valence-corrected chi connectivity index (χ3v) is 3.96. The van der Waals surface area contributed by atoms with Gasteiger partial charge in [0.2, 0.25) is 0 Å². The molecule has 0 aromatic carbocycles. The molecule has 0 heterocycles. The van der Waals surface area contributed by atoms with Crippen molar-refractivity contribution in [3.05, 3.63) is 0 Å². The van der Waals surface area contributed by atoms with Gasteiger partial charge >= 0.3 is 30.2 Å². The zero-order chi connectivity index (χ0) is 23.9. The average Bonchev–Trinajstić information content (AvgIpc) is 2.57. The van der Waals surface area contributed by atoms with Gasteiger partial charge in [0.05, 0.1) is 0 Å². The summed E-state index contributed by atoms with van der Waals surface area (Å²) in [6.45, 7) is 1.33. The van der Waals surface area contributed by atoms with E-state index in [9.17, 15) is 53.1 Å². The van der Waals surface area contributed by atoms with Crippen molar-refractivity contribution in [3.8, 4) is 0 Å². The van der Waals surface area contributed by atoms with Crippen LogP contribution in [0, 0.1) is 0 Å². The Kier molecular flexibility index (Phi) is 10.3. The number of rotatable bonds is 13. The molecule has 0 bridgehead atoms. The molecule has 0 radical (unpaired) electrons. The van der Waals surface area contributed by atoms with Crippen LogP contribution >= 0.6 is 0 Å². The van der Waals surface area contributed by atoms with E-state index in [0.29, 0.717) is 12.8 Å². The first-order chi connectivity index (χ1) is 13.4. The van der Waals surface area contributed by atoms with Crippen molar-refractivity contribution in [1.29, 1.82) is 0 Å². The number of alkyl halides is 11. The van der Waals surface area contributed by atoms with Crippen molar-refractivity contribution in [3.63, 3.8) is 0 Å². The molecule has 14 heteroatoms. The Morgan fingerprint density at radius 1 is 0.700 bits per heavy atom. The first-order valence-electron chi connectivity index (χ1n) is 9.00. The maximum absolute atomic E-state index is 13.9. The zero-order valence-electron chi connectivity index (χ0n) is 15.8. The summed E-state index contributed by atoms with van der Waals surface area (Å²) in [5.41, 5.74) is 0. The third kappa shape index (κ3) is 7.41. The second-order valence-electron chi connectivity index (χ2n) is 6.51. The van der Waals surface area contributed by atoms with Crippen LogP contribution in [0.2, 0.25) is 0 Å². The van der Waals surface area contributed by atoms with Crippen LogP contribution in [0.4, 0.5) is 48.3 Å². The molecule has 0 saturated carbocycles. The maximum Gasteiger partial charge on any atom is 0.462 e. The summed E-state index contributed by atoms with van der Waals surface area (Å²) in [5.74, 6) is -16.3. The minimum absolute atomic E-state index is 0.0114. The summed E-state index contributed by atoms with van der Waals surface area (Å²) >= 11 is 0. The number of carbonyl (C=O) groups excluding carboxylic acids is 1. The van der Waals surface area contributed by atoms with Gasteiger partial charge in [-0.2, -0.15) is 48.3 Å². The number of hydrogen-bond donors (Lipinski definition) is 1. The van der Waals surface area contributed by atoms with E-state index in [-0.39, 0.29) is 6.42 Å². The van der Waals surface area contributed by atoms with Crippen LogP contribution in [0.1, 0.15) is 58.3 Å². The van der Waals surface area contributed by atoms with Crippen LogP contribution < -0.4 is 5.32 Å². The first kappa shape index (κ1) is 28.7. The Morgan fingerprint density at radius 3 is 1.53 bits per heavy atom. The van der Waals surface area contributed by atoms with Gasteiger partial charge in [0.25, 0.3) is 5.91 Å².